The monoisotopic (exact) mass is 272 g/mol. The summed E-state index contributed by atoms with van der Waals surface area (Å²) in [5, 5.41) is 0. The number of hydrogen-bond donors (Lipinski definition) is 0. The van der Waals surface area contributed by atoms with Gasteiger partial charge in [0.1, 0.15) is 5.82 Å². The van der Waals surface area contributed by atoms with Crippen molar-refractivity contribution in [3.8, 4) is 0 Å². The summed E-state index contributed by atoms with van der Waals surface area (Å²) in [5.74, 6) is 1.93. The molecular weight excluding hydrogens is 252 g/mol. The number of halogens is 1. The molecule has 1 unspecified atom stereocenters. The molecule has 0 aliphatic heterocycles. The van der Waals surface area contributed by atoms with E-state index in [0.717, 1.165) is 12.3 Å². The van der Waals surface area contributed by atoms with Gasteiger partial charge in [-0.25, -0.2) is 4.98 Å². The molecule has 1 atom stereocenters. The van der Waals surface area contributed by atoms with Gasteiger partial charge in [0, 0.05) is 30.7 Å². The van der Waals surface area contributed by atoms with Gasteiger partial charge in [0.25, 0.3) is 0 Å². The van der Waals surface area contributed by atoms with Crippen LogP contribution in [0.15, 0.2) is 12.4 Å². The molecule has 15 heavy (non-hydrogen) atoms. The highest BCUT2D eigenvalue weighted by Gasteiger charge is 2.08. The van der Waals surface area contributed by atoms with Crippen LogP contribution in [-0.4, -0.2) is 14.4 Å². The molecule has 1 rings (SSSR count). The standard InChI is InChI=1S/C12H21BrN2/c1-10(2)11(13)6-4-5-7-12-14-8-9-15(12)3/h8-11H,4-7H2,1-3H3. The Bertz CT molecular complexity index is 281. The molecule has 0 spiro atoms. The maximum atomic E-state index is 4.32. The first kappa shape index (κ1) is 12.8. The van der Waals surface area contributed by atoms with Crippen LogP contribution in [0.5, 0.6) is 0 Å². The maximum absolute atomic E-state index is 4.32. The largest absolute Gasteiger partial charge is 0.338 e. The van der Waals surface area contributed by atoms with Gasteiger partial charge < -0.3 is 4.57 Å². The third-order valence-corrected chi connectivity index (χ3v) is 4.29. The van der Waals surface area contributed by atoms with Crippen LogP contribution in [0.1, 0.15) is 38.9 Å². The number of aryl methyl sites for hydroxylation is 2. The predicted molar refractivity (Wildman–Crippen MR) is 68.3 cm³/mol. The van der Waals surface area contributed by atoms with Crippen LogP contribution in [0, 0.1) is 5.92 Å². The van der Waals surface area contributed by atoms with E-state index < -0.39 is 0 Å². The summed E-state index contributed by atoms with van der Waals surface area (Å²) in [6.45, 7) is 4.52. The number of nitrogens with zero attached hydrogens (tertiary/aromatic N) is 2. The number of alkyl halides is 1. The fraction of sp³-hybridized carbons (Fsp3) is 0.750. The number of rotatable bonds is 6. The van der Waals surface area contributed by atoms with Crippen LogP contribution in [0.3, 0.4) is 0 Å². The second-order valence-electron chi connectivity index (χ2n) is 4.46. The smallest absolute Gasteiger partial charge is 0.108 e. The minimum Gasteiger partial charge on any atom is -0.338 e. The molecule has 3 heteroatoms. The molecule has 2 nitrogen and oxygen atoms in total. The summed E-state index contributed by atoms with van der Waals surface area (Å²) in [7, 11) is 2.06. The van der Waals surface area contributed by atoms with E-state index in [9.17, 15) is 0 Å². The summed E-state index contributed by atoms with van der Waals surface area (Å²) in [6.07, 6.45) is 8.76. The number of hydrogen-bond acceptors (Lipinski definition) is 1. The highest BCUT2D eigenvalue weighted by Crippen LogP contribution is 2.19. The Morgan fingerprint density at radius 1 is 1.40 bits per heavy atom. The minimum absolute atomic E-state index is 0.666. The molecule has 1 heterocycles. The molecule has 0 bridgehead atoms. The average molecular weight is 273 g/mol. The Morgan fingerprint density at radius 2 is 2.13 bits per heavy atom. The SMILES string of the molecule is CC(C)C(Br)CCCCc1nccn1C. The highest BCUT2D eigenvalue weighted by molar-refractivity contribution is 9.09. The van der Waals surface area contributed by atoms with Crippen LogP contribution in [0.25, 0.3) is 0 Å². The lowest BCUT2D eigenvalue weighted by Crippen LogP contribution is -2.07. The molecule has 0 aliphatic carbocycles. The van der Waals surface area contributed by atoms with Gasteiger partial charge in [-0.3, -0.25) is 0 Å². The summed E-state index contributed by atoms with van der Waals surface area (Å²) in [4.78, 5) is 4.98. The van der Waals surface area contributed by atoms with Crippen LogP contribution < -0.4 is 0 Å². The number of aromatic nitrogens is 2. The lowest BCUT2D eigenvalue weighted by molar-refractivity contribution is 0.545. The Balaban J connectivity index is 2.15. The first-order valence-electron chi connectivity index (χ1n) is 5.71. The fourth-order valence-corrected chi connectivity index (χ4v) is 1.92. The van der Waals surface area contributed by atoms with Crippen molar-refractivity contribution in [2.45, 2.75) is 44.4 Å². The Morgan fingerprint density at radius 3 is 2.67 bits per heavy atom. The van der Waals surface area contributed by atoms with Crippen molar-refractivity contribution in [3.63, 3.8) is 0 Å². The van der Waals surface area contributed by atoms with Gasteiger partial charge in [0.05, 0.1) is 0 Å². The molecule has 1 aromatic heterocycles. The van der Waals surface area contributed by atoms with Gasteiger partial charge in [0.15, 0.2) is 0 Å². The zero-order valence-electron chi connectivity index (χ0n) is 9.91. The van der Waals surface area contributed by atoms with Crippen molar-refractivity contribution in [1.29, 1.82) is 0 Å². The van der Waals surface area contributed by atoms with Gasteiger partial charge in [-0.05, 0) is 18.8 Å². The average Bonchev–Trinajstić information content (AvgIpc) is 2.58. The molecule has 0 fully saturated rings. The molecular formula is C12H21BrN2. The molecule has 1 aromatic rings. The Kier molecular flexibility index (Phi) is 5.37. The Labute approximate surface area is 101 Å². The number of unbranched alkanes of at least 4 members (excludes halogenated alkanes) is 1. The third-order valence-electron chi connectivity index (χ3n) is 2.77. The van der Waals surface area contributed by atoms with Crippen molar-refractivity contribution in [2.75, 3.05) is 0 Å². The molecule has 0 amide bonds. The quantitative estimate of drug-likeness (QED) is 0.572. The lowest BCUT2D eigenvalue weighted by Gasteiger charge is -2.12. The molecule has 0 radical (unpaired) electrons. The Hall–Kier alpha value is -0.310. The van der Waals surface area contributed by atoms with Crippen molar-refractivity contribution < 1.29 is 0 Å². The molecule has 86 valence electrons. The maximum Gasteiger partial charge on any atom is 0.108 e. The first-order chi connectivity index (χ1) is 7.11. The topological polar surface area (TPSA) is 17.8 Å². The third kappa shape index (κ3) is 4.37. The first-order valence-corrected chi connectivity index (χ1v) is 6.63. The summed E-state index contributed by atoms with van der Waals surface area (Å²) < 4.78 is 2.11. The van der Waals surface area contributed by atoms with Crippen LogP contribution in [0.2, 0.25) is 0 Å². The molecule has 0 saturated carbocycles. The van der Waals surface area contributed by atoms with Crippen molar-refractivity contribution in [3.05, 3.63) is 18.2 Å². The van der Waals surface area contributed by atoms with Gasteiger partial charge >= 0.3 is 0 Å². The summed E-state index contributed by atoms with van der Waals surface area (Å²) in [5.41, 5.74) is 0. The second kappa shape index (κ2) is 6.31. The van der Waals surface area contributed by atoms with E-state index in [1.807, 2.05) is 12.4 Å². The van der Waals surface area contributed by atoms with Crippen LogP contribution in [0.4, 0.5) is 0 Å². The van der Waals surface area contributed by atoms with Gasteiger partial charge in [-0.1, -0.05) is 36.2 Å². The molecule has 0 saturated heterocycles. The predicted octanol–water partition coefficient (Wildman–Crippen LogP) is 3.55. The van der Waals surface area contributed by atoms with E-state index >= 15 is 0 Å². The number of imidazole rings is 1. The van der Waals surface area contributed by atoms with E-state index in [2.05, 4.69) is 46.4 Å². The summed E-state index contributed by atoms with van der Waals surface area (Å²) in [6, 6.07) is 0. The van der Waals surface area contributed by atoms with Crippen molar-refractivity contribution in [1.82, 2.24) is 9.55 Å². The van der Waals surface area contributed by atoms with Crippen molar-refractivity contribution in [2.24, 2.45) is 13.0 Å². The van der Waals surface area contributed by atoms with Gasteiger partial charge in [0.2, 0.25) is 0 Å². The fourth-order valence-electron chi connectivity index (χ4n) is 1.59. The molecule has 0 aromatic carbocycles. The van der Waals surface area contributed by atoms with E-state index in [1.54, 1.807) is 0 Å². The van der Waals surface area contributed by atoms with E-state index in [-0.39, 0.29) is 0 Å². The van der Waals surface area contributed by atoms with E-state index in [1.165, 1.54) is 25.1 Å². The van der Waals surface area contributed by atoms with E-state index in [4.69, 9.17) is 0 Å². The van der Waals surface area contributed by atoms with Crippen LogP contribution in [-0.2, 0) is 13.5 Å². The zero-order valence-corrected chi connectivity index (χ0v) is 11.5. The lowest BCUT2D eigenvalue weighted by atomic mass is 10.0. The van der Waals surface area contributed by atoms with Gasteiger partial charge in [-0.15, -0.1) is 0 Å². The van der Waals surface area contributed by atoms with Gasteiger partial charge in [-0.2, -0.15) is 0 Å². The molecule has 0 N–H and O–H groups in total. The summed E-state index contributed by atoms with van der Waals surface area (Å²) >= 11 is 3.71. The van der Waals surface area contributed by atoms with Crippen molar-refractivity contribution >= 4 is 15.9 Å². The normalized spacial score (nSPS) is 13.4. The van der Waals surface area contributed by atoms with E-state index in [0.29, 0.717) is 4.83 Å². The molecule has 0 aliphatic rings. The second-order valence-corrected chi connectivity index (χ2v) is 5.64. The van der Waals surface area contributed by atoms with Crippen LogP contribution >= 0.6 is 15.9 Å². The minimum atomic E-state index is 0.666. The highest BCUT2D eigenvalue weighted by atomic mass is 79.9. The zero-order chi connectivity index (χ0) is 11.3.